The second kappa shape index (κ2) is 7.70. The third-order valence-electron chi connectivity index (χ3n) is 4.66. The minimum absolute atomic E-state index is 0.109. The van der Waals surface area contributed by atoms with Gasteiger partial charge in [-0.1, -0.05) is 12.1 Å². The molecule has 0 N–H and O–H groups in total. The standard InChI is InChI=1S/C20H21N3OS2/c1-15-8-13-25-17(15)6-7-20(24)23-11-9-22(10-12-23)14-19-21-16-4-2-3-5-18(16)26-19/h2-8,13H,9-12,14H2,1H3/b7-6+. The minimum atomic E-state index is 0.109. The molecule has 3 heterocycles. The van der Waals surface area contributed by atoms with E-state index < -0.39 is 0 Å². The van der Waals surface area contributed by atoms with Gasteiger partial charge in [0.25, 0.3) is 0 Å². The lowest BCUT2D eigenvalue weighted by Crippen LogP contribution is -2.47. The summed E-state index contributed by atoms with van der Waals surface area (Å²) in [5, 5.41) is 3.21. The molecule has 3 aromatic rings. The molecule has 26 heavy (non-hydrogen) atoms. The number of carbonyl (C=O) groups excluding carboxylic acids is 1. The van der Waals surface area contributed by atoms with Gasteiger partial charge in [0, 0.05) is 37.1 Å². The first-order valence-electron chi connectivity index (χ1n) is 8.77. The number of hydrogen-bond donors (Lipinski definition) is 0. The Morgan fingerprint density at radius 2 is 2.00 bits per heavy atom. The van der Waals surface area contributed by atoms with E-state index in [2.05, 4.69) is 41.5 Å². The zero-order valence-corrected chi connectivity index (χ0v) is 16.4. The van der Waals surface area contributed by atoms with Crippen LogP contribution in [0.25, 0.3) is 16.3 Å². The van der Waals surface area contributed by atoms with Gasteiger partial charge in [-0.3, -0.25) is 9.69 Å². The van der Waals surface area contributed by atoms with Crippen LogP contribution in [-0.4, -0.2) is 46.9 Å². The van der Waals surface area contributed by atoms with Gasteiger partial charge in [0.15, 0.2) is 0 Å². The Morgan fingerprint density at radius 3 is 2.73 bits per heavy atom. The van der Waals surface area contributed by atoms with Crippen molar-refractivity contribution in [2.45, 2.75) is 13.5 Å². The van der Waals surface area contributed by atoms with Gasteiger partial charge in [0.1, 0.15) is 5.01 Å². The fourth-order valence-corrected chi connectivity index (χ4v) is 4.94. The average Bonchev–Trinajstić information content (AvgIpc) is 3.25. The number of aromatic nitrogens is 1. The summed E-state index contributed by atoms with van der Waals surface area (Å²) in [5.74, 6) is 0.109. The van der Waals surface area contributed by atoms with Gasteiger partial charge >= 0.3 is 0 Å². The van der Waals surface area contributed by atoms with Crippen molar-refractivity contribution in [3.05, 3.63) is 57.2 Å². The van der Waals surface area contributed by atoms with Crippen molar-refractivity contribution < 1.29 is 4.79 Å². The second-order valence-corrected chi connectivity index (χ2v) is 8.54. The quantitative estimate of drug-likeness (QED) is 0.639. The molecule has 1 aliphatic heterocycles. The topological polar surface area (TPSA) is 36.4 Å². The summed E-state index contributed by atoms with van der Waals surface area (Å²) in [7, 11) is 0. The largest absolute Gasteiger partial charge is 0.337 e. The highest BCUT2D eigenvalue weighted by atomic mass is 32.1. The molecule has 0 aliphatic carbocycles. The molecule has 0 atom stereocenters. The maximum Gasteiger partial charge on any atom is 0.246 e. The SMILES string of the molecule is Cc1ccsc1/C=C/C(=O)N1CCN(Cc2nc3ccccc3s2)CC1. The molecule has 6 heteroatoms. The number of thiophene rings is 1. The Morgan fingerprint density at radius 1 is 1.19 bits per heavy atom. The summed E-state index contributed by atoms with van der Waals surface area (Å²) in [6.45, 7) is 6.28. The number of benzene rings is 1. The van der Waals surface area contributed by atoms with Crippen molar-refractivity contribution in [1.82, 2.24) is 14.8 Å². The number of carbonyl (C=O) groups is 1. The highest BCUT2D eigenvalue weighted by molar-refractivity contribution is 7.18. The van der Waals surface area contributed by atoms with Gasteiger partial charge in [-0.2, -0.15) is 0 Å². The number of hydrogen-bond acceptors (Lipinski definition) is 5. The third kappa shape index (κ3) is 3.87. The number of para-hydroxylation sites is 1. The maximum atomic E-state index is 12.4. The molecule has 1 fully saturated rings. The highest BCUT2D eigenvalue weighted by Gasteiger charge is 2.20. The Hall–Kier alpha value is -2.02. The van der Waals surface area contributed by atoms with Crippen LogP contribution in [0.15, 0.2) is 41.8 Å². The van der Waals surface area contributed by atoms with Crippen molar-refractivity contribution in [3.8, 4) is 0 Å². The Labute approximate surface area is 161 Å². The fourth-order valence-electron chi connectivity index (χ4n) is 3.11. The summed E-state index contributed by atoms with van der Waals surface area (Å²) >= 11 is 3.43. The molecule has 1 aromatic carbocycles. The number of aryl methyl sites for hydroxylation is 1. The van der Waals surface area contributed by atoms with E-state index >= 15 is 0 Å². The normalized spacial score (nSPS) is 16.0. The Balaban J connectivity index is 1.31. The zero-order valence-electron chi connectivity index (χ0n) is 14.7. The summed E-state index contributed by atoms with van der Waals surface area (Å²) in [4.78, 5) is 22.6. The molecular weight excluding hydrogens is 362 g/mol. The molecule has 0 spiro atoms. The van der Waals surface area contributed by atoms with Crippen molar-refractivity contribution in [2.24, 2.45) is 0 Å². The number of rotatable bonds is 4. The van der Waals surface area contributed by atoms with E-state index in [4.69, 9.17) is 4.98 Å². The van der Waals surface area contributed by atoms with Crippen LogP contribution in [0.2, 0.25) is 0 Å². The molecule has 0 bridgehead atoms. The van der Waals surface area contributed by atoms with Gasteiger partial charge < -0.3 is 4.90 Å². The summed E-state index contributed by atoms with van der Waals surface area (Å²) < 4.78 is 1.24. The van der Waals surface area contributed by atoms with Crippen LogP contribution in [0, 0.1) is 6.92 Å². The van der Waals surface area contributed by atoms with Crippen LogP contribution in [0.5, 0.6) is 0 Å². The fraction of sp³-hybridized carbons (Fsp3) is 0.300. The first-order chi connectivity index (χ1) is 12.7. The molecule has 0 unspecified atom stereocenters. The maximum absolute atomic E-state index is 12.4. The van der Waals surface area contributed by atoms with Crippen molar-refractivity contribution >= 4 is 44.9 Å². The molecular formula is C20H21N3OS2. The van der Waals surface area contributed by atoms with Gasteiger partial charge in [-0.15, -0.1) is 22.7 Å². The van der Waals surface area contributed by atoms with Crippen LogP contribution in [-0.2, 0) is 11.3 Å². The van der Waals surface area contributed by atoms with E-state index in [-0.39, 0.29) is 5.91 Å². The van der Waals surface area contributed by atoms with Crippen molar-refractivity contribution in [1.29, 1.82) is 0 Å². The first kappa shape index (κ1) is 17.4. The third-order valence-corrected chi connectivity index (χ3v) is 6.67. The molecule has 1 saturated heterocycles. The van der Waals surface area contributed by atoms with Crippen LogP contribution >= 0.6 is 22.7 Å². The summed E-state index contributed by atoms with van der Waals surface area (Å²) in [6, 6.07) is 10.3. The first-order valence-corrected chi connectivity index (χ1v) is 10.5. The van der Waals surface area contributed by atoms with Crippen LogP contribution in [0.4, 0.5) is 0 Å². The summed E-state index contributed by atoms with van der Waals surface area (Å²) in [6.07, 6.45) is 3.65. The van der Waals surface area contributed by atoms with Gasteiger partial charge in [-0.25, -0.2) is 4.98 Å². The number of thiazole rings is 1. The van der Waals surface area contributed by atoms with E-state index in [9.17, 15) is 4.79 Å². The molecule has 1 aliphatic rings. The van der Waals surface area contributed by atoms with E-state index in [1.807, 2.05) is 17.0 Å². The lowest BCUT2D eigenvalue weighted by molar-refractivity contribution is -0.127. The predicted octanol–water partition coefficient (Wildman–Crippen LogP) is 4.02. The van der Waals surface area contributed by atoms with Crippen molar-refractivity contribution in [2.75, 3.05) is 26.2 Å². The van der Waals surface area contributed by atoms with E-state index in [1.165, 1.54) is 10.3 Å². The second-order valence-electron chi connectivity index (χ2n) is 6.48. The van der Waals surface area contributed by atoms with Crippen molar-refractivity contribution in [3.63, 3.8) is 0 Å². The van der Waals surface area contributed by atoms with E-state index in [0.29, 0.717) is 0 Å². The molecule has 2 aromatic heterocycles. The molecule has 4 nitrogen and oxygen atoms in total. The lowest BCUT2D eigenvalue weighted by atomic mass is 10.2. The zero-order chi connectivity index (χ0) is 17.9. The van der Waals surface area contributed by atoms with Gasteiger partial charge in [0.2, 0.25) is 5.91 Å². The molecule has 1 amide bonds. The molecule has 4 rings (SSSR count). The van der Waals surface area contributed by atoms with E-state index in [1.54, 1.807) is 28.7 Å². The monoisotopic (exact) mass is 383 g/mol. The van der Waals surface area contributed by atoms with Crippen LogP contribution in [0.1, 0.15) is 15.4 Å². The highest BCUT2D eigenvalue weighted by Crippen LogP contribution is 2.23. The Kier molecular flexibility index (Phi) is 5.15. The molecule has 134 valence electrons. The van der Waals surface area contributed by atoms with Gasteiger partial charge in [-0.05, 0) is 42.1 Å². The van der Waals surface area contributed by atoms with Gasteiger partial charge in [0.05, 0.1) is 16.8 Å². The summed E-state index contributed by atoms with van der Waals surface area (Å²) in [5.41, 5.74) is 2.30. The van der Waals surface area contributed by atoms with E-state index in [0.717, 1.165) is 48.1 Å². The van der Waals surface area contributed by atoms with Crippen LogP contribution < -0.4 is 0 Å². The number of amides is 1. The smallest absolute Gasteiger partial charge is 0.246 e. The number of fused-ring (bicyclic) bond motifs is 1. The molecule has 0 radical (unpaired) electrons. The molecule has 0 saturated carbocycles. The lowest BCUT2D eigenvalue weighted by Gasteiger charge is -2.33. The number of piperazine rings is 1. The predicted molar refractivity (Wildman–Crippen MR) is 110 cm³/mol. The number of nitrogens with zero attached hydrogens (tertiary/aromatic N) is 3. The average molecular weight is 384 g/mol. The van der Waals surface area contributed by atoms with Crippen LogP contribution in [0.3, 0.4) is 0 Å². The minimum Gasteiger partial charge on any atom is -0.337 e. The Bertz CT molecular complexity index is 902.